The van der Waals surface area contributed by atoms with Crippen molar-refractivity contribution in [2.75, 3.05) is 38.1 Å². The molecule has 31 heavy (non-hydrogen) atoms. The molecule has 2 atom stereocenters. The summed E-state index contributed by atoms with van der Waals surface area (Å²) >= 11 is 0. The highest BCUT2D eigenvalue weighted by atomic mass is 19.1. The first-order valence-electron chi connectivity index (χ1n) is 10.4. The molecule has 2 saturated heterocycles. The number of hydrogen-bond acceptors (Lipinski definition) is 5. The molecule has 1 aromatic carbocycles. The molecule has 0 radical (unpaired) electrons. The van der Waals surface area contributed by atoms with Crippen molar-refractivity contribution in [3.63, 3.8) is 0 Å². The number of hydrogen-bond donors (Lipinski definition) is 1. The van der Waals surface area contributed by atoms with E-state index in [0.717, 1.165) is 25.9 Å². The van der Waals surface area contributed by atoms with E-state index in [9.17, 15) is 9.59 Å². The average Bonchev–Trinajstić information content (AvgIpc) is 3.39. The zero-order chi connectivity index (χ0) is 22.0. The Morgan fingerprint density at radius 1 is 1.19 bits per heavy atom. The van der Waals surface area contributed by atoms with Crippen LogP contribution in [-0.2, 0) is 0 Å². The van der Waals surface area contributed by atoms with Gasteiger partial charge in [-0.1, -0.05) is 12.7 Å². The summed E-state index contributed by atoms with van der Waals surface area (Å²) in [6, 6.07) is -0.101. The quantitative estimate of drug-likeness (QED) is 0.749. The van der Waals surface area contributed by atoms with Crippen LogP contribution in [0.25, 0.3) is 17.0 Å². The van der Waals surface area contributed by atoms with Gasteiger partial charge in [0.25, 0.3) is 0 Å². The summed E-state index contributed by atoms with van der Waals surface area (Å²) in [4.78, 5) is 28.0. The van der Waals surface area contributed by atoms with Gasteiger partial charge in [0.2, 0.25) is 5.43 Å². The molecule has 2 aliphatic heterocycles. The lowest BCUT2D eigenvalue weighted by molar-refractivity contribution is 0.143. The third-order valence-corrected chi connectivity index (χ3v) is 6.66. The summed E-state index contributed by atoms with van der Waals surface area (Å²) in [6.07, 6.45) is 2.25. The van der Waals surface area contributed by atoms with Crippen LogP contribution in [0.1, 0.15) is 24.4 Å². The summed E-state index contributed by atoms with van der Waals surface area (Å²) in [5.74, 6) is -1.44. The van der Waals surface area contributed by atoms with E-state index < -0.39 is 29.0 Å². The van der Waals surface area contributed by atoms with Gasteiger partial charge in [-0.25, -0.2) is 13.6 Å². The van der Waals surface area contributed by atoms with E-state index in [1.54, 1.807) is 4.90 Å². The van der Waals surface area contributed by atoms with Crippen LogP contribution in [0.2, 0.25) is 0 Å². The van der Waals surface area contributed by atoms with Crippen molar-refractivity contribution in [2.24, 2.45) is 11.8 Å². The average molecular weight is 431 g/mol. The summed E-state index contributed by atoms with van der Waals surface area (Å²) in [7, 11) is 2.04. The smallest absolute Gasteiger partial charge is 0.449 e. The molecule has 9 heteroatoms. The number of anilines is 1. The molecule has 3 heterocycles. The number of fused-ring (bicyclic) bond motifs is 2. The number of halogens is 2. The van der Waals surface area contributed by atoms with E-state index in [2.05, 4.69) is 16.2 Å². The third kappa shape index (κ3) is 3.10. The van der Waals surface area contributed by atoms with Crippen LogP contribution >= 0.6 is 0 Å². The van der Waals surface area contributed by atoms with Crippen molar-refractivity contribution in [3.05, 3.63) is 40.2 Å². The molecule has 5 rings (SSSR count). The molecule has 3 fully saturated rings. The summed E-state index contributed by atoms with van der Waals surface area (Å²) in [6.45, 7) is 6.48. The van der Waals surface area contributed by atoms with E-state index in [-0.39, 0.29) is 28.2 Å². The molecule has 0 bridgehead atoms. The minimum atomic E-state index is -1.66. The maximum atomic E-state index is 15.9. The predicted molar refractivity (Wildman–Crippen MR) is 112 cm³/mol. The van der Waals surface area contributed by atoms with Crippen LogP contribution in [0.5, 0.6) is 5.75 Å². The maximum absolute atomic E-state index is 15.9. The highest BCUT2D eigenvalue weighted by Crippen LogP contribution is 2.43. The maximum Gasteiger partial charge on any atom is 0.511 e. The fraction of sp³-hybridized carbons (Fsp3) is 0.455. The molecular weight excluding hydrogens is 408 g/mol. The molecule has 7 nitrogen and oxygen atoms in total. The fourth-order valence-electron chi connectivity index (χ4n) is 5.22. The number of carboxylic acid groups (broad SMARTS) is 1. The minimum Gasteiger partial charge on any atom is -0.449 e. The molecule has 1 saturated carbocycles. The first-order valence-corrected chi connectivity index (χ1v) is 10.4. The van der Waals surface area contributed by atoms with Crippen molar-refractivity contribution in [3.8, 4) is 5.75 Å². The molecule has 1 aliphatic carbocycles. The fourth-order valence-corrected chi connectivity index (χ4v) is 5.22. The van der Waals surface area contributed by atoms with Crippen molar-refractivity contribution >= 4 is 28.8 Å². The summed E-state index contributed by atoms with van der Waals surface area (Å²) in [5.41, 5.74) is -1.16. The second-order valence-corrected chi connectivity index (χ2v) is 8.79. The molecule has 2 unspecified atom stereocenters. The lowest BCUT2D eigenvalue weighted by Crippen LogP contribution is -2.29. The zero-order valence-electron chi connectivity index (χ0n) is 17.1. The van der Waals surface area contributed by atoms with Crippen molar-refractivity contribution in [2.45, 2.75) is 18.9 Å². The number of carbonyl (C=O) groups is 1. The van der Waals surface area contributed by atoms with E-state index in [1.807, 2.05) is 7.05 Å². The molecule has 2 aromatic rings. The van der Waals surface area contributed by atoms with Crippen LogP contribution < -0.4 is 15.1 Å². The van der Waals surface area contributed by atoms with Gasteiger partial charge in [0, 0.05) is 37.8 Å². The standard InChI is InChI=1S/C22H23F2N3O4/c1-3-14-16-19(27(13-4-5-13)10-15(21(16)28)31-22(29)30)18(24)20(17(14)23)26-8-11-6-25(2)7-12(11)9-26/h3,10-13H,1,4-9H2,2H3,(H,29,30). The van der Waals surface area contributed by atoms with Crippen molar-refractivity contribution < 1.29 is 23.4 Å². The van der Waals surface area contributed by atoms with Crippen molar-refractivity contribution in [1.29, 1.82) is 0 Å². The number of rotatable bonds is 4. The lowest BCUT2D eigenvalue weighted by atomic mass is 10.0. The van der Waals surface area contributed by atoms with Gasteiger partial charge in [-0.15, -0.1) is 0 Å². The highest BCUT2D eigenvalue weighted by Gasteiger charge is 2.41. The summed E-state index contributed by atoms with van der Waals surface area (Å²) in [5, 5.41) is 8.74. The lowest BCUT2D eigenvalue weighted by Gasteiger charge is -2.25. The molecular formula is C22H23F2N3O4. The van der Waals surface area contributed by atoms with Crippen LogP contribution in [-0.4, -0.2) is 54.0 Å². The monoisotopic (exact) mass is 431 g/mol. The molecule has 0 amide bonds. The van der Waals surface area contributed by atoms with Crippen LogP contribution in [0.3, 0.4) is 0 Å². The van der Waals surface area contributed by atoms with E-state index in [0.29, 0.717) is 24.9 Å². The van der Waals surface area contributed by atoms with Gasteiger partial charge in [0.1, 0.15) is 5.69 Å². The van der Waals surface area contributed by atoms with Gasteiger partial charge in [0.05, 0.1) is 17.1 Å². The molecule has 3 aliphatic rings. The van der Waals surface area contributed by atoms with Crippen LogP contribution in [0.15, 0.2) is 17.6 Å². The number of likely N-dealkylation sites (tertiary alicyclic amines) is 1. The number of nitrogens with zero attached hydrogens (tertiary/aromatic N) is 3. The summed E-state index contributed by atoms with van der Waals surface area (Å²) < 4.78 is 37.7. The Balaban J connectivity index is 1.74. The number of pyridine rings is 1. The Morgan fingerprint density at radius 3 is 2.39 bits per heavy atom. The molecule has 1 N–H and O–H groups in total. The molecule has 164 valence electrons. The van der Waals surface area contributed by atoms with Gasteiger partial charge in [0.15, 0.2) is 17.4 Å². The molecule has 0 spiro atoms. The topological polar surface area (TPSA) is 75.0 Å². The molecule has 1 aromatic heterocycles. The Labute approximate surface area is 177 Å². The predicted octanol–water partition coefficient (Wildman–Crippen LogP) is 3.31. The second kappa shape index (κ2) is 7.05. The third-order valence-electron chi connectivity index (χ3n) is 6.66. The normalized spacial score (nSPS) is 23.4. The first-order chi connectivity index (χ1) is 14.8. The van der Waals surface area contributed by atoms with Gasteiger partial charge in [-0.2, -0.15) is 0 Å². The van der Waals surface area contributed by atoms with Gasteiger partial charge in [-0.05, 0) is 31.7 Å². The minimum absolute atomic E-state index is 0.0225. The number of ether oxygens (including phenoxy) is 1. The van der Waals surface area contributed by atoms with E-state index >= 15 is 8.78 Å². The van der Waals surface area contributed by atoms with E-state index in [1.165, 1.54) is 16.8 Å². The zero-order valence-corrected chi connectivity index (χ0v) is 17.1. The first kappa shape index (κ1) is 20.0. The Kier molecular flexibility index (Phi) is 4.55. The van der Waals surface area contributed by atoms with Crippen LogP contribution in [0.4, 0.5) is 19.3 Å². The van der Waals surface area contributed by atoms with E-state index in [4.69, 9.17) is 5.11 Å². The Bertz CT molecular complexity index is 1160. The number of benzene rings is 1. The van der Waals surface area contributed by atoms with Gasteiger partial charge < -0.3 is 24.2 Å². The van der Waals surface area contributed by atoms with Crippen molar-refractivity contribution in [1.82, 2.24) is 9.47 Å². The Hall–Kier alpha value is -2.94. The number of aromatic nitrogens is 1. The van der Waals surface area contributed by atoms with Gasteiger partial charge >= 0.3 is 6.16 Å². The van der Waals surface area contributed by atoms with Gasteiger partial charge in [-0.3, -0.25) is 4.79 Å². The largest absolute Gasteiger partial charge is 0.511 e. The highest BCUT2D eigenvalue weighted by molar-refractivity contribution is 5.93. The second-order valence-electron chi connectivity index (χ2n) is 8.79. The van der Waals surface area contributed by atoms with Crippen LogP contribution in [0, 0.1) is 23.5 Å². The Morgan fingerprint density at radius 2 is 1.84 bits per heavy atom. The SMILES string of the molecule is C=Cc1c(F)c(N2CC3CN(C)CC3C2)c(F)c2c1c(=O)c(OC(=O)O)cn2C1CC1.